The zero-order chi connectivity index (χ0) is 8.55. The van der Waals surface area contributed by atoms with Gasteiger partial charge in [0.05, 0.1) is 4.88 Å². The summed E-state index contributed by atoms with van der Waals surface area (Å²) in [6.45, 7) is 2.07. The van der Waals surface area contributed by atoms with E-state index in [1.54, 1.807) is 11.3 Å². The zero-order valence-electron chi connectivity index (χ0n) is 7.04. The molecule has 2 rings (SSSR count). The van der Waals surface area contributed by atoms with Crippen LogP contribution in [0.4, 0.5) is 0 Å². The Labute approximate surface area is 75.8 Å². The number of hydrogen-bond donors (Lipinski definition) is 0. The molecule has 0 atom stereocenters. The Hall–Kier alpha value is -0.670. The zero-order valence-corrected chi connectivity index (χ0v) is 7.86. The van der Waals surface area contributed by atoms with Crippen molar-refractivity contribution >= 4 is 17.6 Å². The predicted molar refractivity (Wildman–Crippen MR) is 49.7 cm³/mol. The maximum Gasteiger partial charge on any atom is 0.160 e. The van der Waals surface area contributed by atoms with Crippen molar-refractivity contribution in [2.24, 2.45) is 0 Å². The van der Waals surface area contributed by atoms with Crippen molar-refractivity contribution in [3.8, 4) is 0 Å². The van der Waals surface area contributed by atoms with Gasteiger partial charge in [-0.05, 0) is 30.0 Å². The van der Waals surface area contributed by atoms with Gasteiger partial charge in [-0.2, -0.15) is 0 Å². The molecule has 0 radical (unpaired) electrons. The molecule has 1 aliphatic rings. The molecule has 0 saturated carbocycles. The van der Waals surface area contributed by atoms with Crippen molar-refractivity contribution < 1.29 is 4.79 Å². The van der Waals surface area contributed by atoms with Crippen molar-refractivity contribution in [3.63, 3.8) is 0 Å². The molecule has 0 bridgehead atoms. The Balaban J connectivity index is 2.38. The van der Waals surface area contributed by atoms with Gasteiger partial charge in [0.2, 0.25) is 0 Å². The minimum atomic E-state index is 0.929. The van der Waals surface area contributed by atoms with Crippen LogP contribution in [-0.4, -0.2) is 24.8 Å². The predicted octanol–water partition coefficient (Wildman–Crippen LogP) is 1.55. The maximum absolute atomic E-state index is 10.6. The molecule has 1 aliphatic heterocycles. The molecule has 2 nitrogen and oxygen atoms in total. The lowest BCUT2D eigenvalue weighted by Crippen LogP contribution is -2.25. The van der Waals surface area contributed by atoms with Crippen molar-refractivity contribution in [2.75, 3.05) is 13.6 Å². The molecule has 0 spiro atoms. The summed E-state index contributed by atoms with van der Waals surface area (Å²) in [5.41, 5.74) is 2.63. The Kier molecular flexibility index (Phi) is 1.98. The molecule has 0 aliphatic carbocycles. The SMILES string of the molecule is CN1CCc2c(csc2C=O)C1. The topological polar surface area (TPSA) is 20.3 Å². The molecule has 1 aromatic heterocycles. The molecule has 0 fully saturated rings. The van der Waals surface area contributed by atoms with Gasteiger partial charge < -0.3 is 4.90 Å². The van der Waals surface area contributed by atoms with Crippen LogP contribution in [0.2, 0.25) is 0 Å². The summed E-state index contributed by atoms with van der Waals surface area (Å²) in [5.74, 6) is 0. The molecule has 0 saturated heterocycles. The molecular weight excluding hydrogens is 170 g/mol. The van der Waals surface area contributed by atoms with Crippen LogP contribution < -0.4 is 0 Å². The van der Waals surface area contributed by atoms with E-state index < -0.39 is 0 Å². The van der Waals surface area contributed by atoms with E-state index in [1.165, 1.54) is 11.1 Å². The minimum absolute atomic E-state index is 0.929. The first-order valence-electron chi connectivity index (χ1n) is 4.04. The van der Waals surface area contributed by atoms with Gasteiger partial charge in [0.25, 0.3) is 0 Å². The first-order valence-corrected chi connectivity index (χ1v) is 4.92. The number of rotatable bonds is 1. The van der Waals surface area contributed by atoms with E-state index in [-0.39, 0.29) is 0 Å². The number of nitrogens with zero attached hydrogens (tertiary/aromatic N) is 1. The number of aldehydes is 1. The lowest BCUT2D eigenvalue weighted by atomic mass is 10.0. The molecule has 3 heteroatoms. The first-order chi connectivity index (χ1) is 5.81. The quantitative estimate of drug-likeness (QED) is 0.613. The number of thiophene rings is 1. The molecule has 1 aromatic rings. The number of hydrogen-bond acceptors (Lipinski definition) is 3. The highest BCUT2D eigenvalue weighted by Gasteiger charge is 2.17. The fourth-order valence-electron chi connectivity index (χ4n) is 1.62. The van der Waals surface area contributed by atoms with E-state index in [9.17, 15) is 4.79 Å². The Bertz CT molecular complexity index is 305. The minimum Gasteiger partial charge on any atom is -0.302 e. The third-order valence-electron chi connectivity index (χ3n) is 2.30. The number of likely N-dealkylation sites (N-methyl/N-ethyl adjacent to an activating group) is 1. The first kappa shape index (κ1) is 7.95. The highest BCUT2D eigenvalue weighted by atomic mass is 32.1. The molecular formula is C9H11NOS. The van der Waals surface area contributed by atoms with Crippen molar-refractivity contribution in [1.82, 2.24) is 4.90 Å². The van der Waals surface area contributed by atoms with Crippen molar-refractivity contribution in [3.05, 3.63) is 21.4 Å². The highest BCUT2D eigenvalue weighted by molar-refractivity contribution is 7.12. The van der Waals surface area contributed by atoms with E-state index in [4.69, 9.17) is 0 Å². The van der Waals surface area contributed by atoms with Crippen LogP contribution in [0.25, 0.3) is 0 Å². The fraction of sp³-hybridized carbons (Fsp3) is 0.444. The summed E-state index contributed by atoms with van der Waals surface area (Å²) >= 11 is 1.57. The smallest absolute Gasteiger partial charge is 0.160 e. The van der Waals surface area contributed by atoms with Crippen LogP contribution in [-0.2, 0) is 13.0 Å². The number of fused-ring (bicyclic) bond motifs is 1. The van der Waals surface area contributed by atoms with E-state index in [1.807, 2.05) is 0 Å². The maximum atomic E-state index is 10.6. The monoisotopic (exact) mass is 181 g/mol. The fourth-order valence-corrected chi connectivity index (χ4v) is 2.54. The van der Waals surface area contributed by atoms with Crippen molar-refractivity contribution in [2.45, 2.75) is 13.0 Å². The lowest BCUT2D eigenvalue weighted by Gasteiger charge is -2.22. The van der Waals surface area contributed by atoms with E-state index in [2.05, 4.69) is 17.3 Å². The highest BCUT2D eigenvalue weighted by Crippen LogP contribution is 2.26. The second kappa shape index (κ2) is 2.99. The molecule has 0 aromatic carbocycles. The lowest BCUT2D eigenvalue weighted by molar-refractivity contribution is 0.112. The summed E-state index contributed by atoms with van der Waals surface area (Å²) in [6, 6.07) is 0. The van der Waals surface area contributed by atoms with Crippen molar-refractivity contribution in [1.29, 1.82) is 0 Å². The van der Waals surface area contributed by atoms with Gasteiger partial charge in [-0.15, -0.1) is 11.3 Å². The van der Waals surface area contributed by atoms with Gasteiger partial charge in [0.15, 0.2) is 6.29 Å². The normalized spacial score (nSPS) is 17.4. The van der Waals surface area contributed by atoms with Crippen LogP contribution in [0, 0.1) is 0 Å². The summed E-state index contributed by atoms with van der Waals surface area (Å²) in [7, 11) is 2.11. The van der Waals surface area contributed by atoms with Gasteiger partial charge in [-0.25, -0.2) is 0 Å². The van der Waals surface area contributed by atoms with Gasteiger partial charge in [-0.3, -0.25) is 4.79 Å². The number of carbonyl (C=O) groups excluding carboxylic acids is 1. The Morgan fingerprint density at radius 2 is 2.50 bits per heavy atom. The average molecular weight is 181 g/mol. The van der Waals surface area contributed by atoms with Crippen LogP contribution >= 0.6 is 11.3 Å². The largest absolute Gasteiger partial charge is 0.302 e. The second-order valence-electron chi connectivity index (χ2n) is 3.21. The third kappa shape index (κ3) is 1.19. The van der Waals surface area contributed by atoms with Gasteiger partial charge >= 0.3 is 0 Å². The van der Waals surface area contributed by atoms with Crippen LogP contribution in [0.15, 0.2) is 5.38 Å². The van der Waals surface area contributed by atoms with Crippen LogP contribution in [0.5, 0.6) is 0 Å². The third-order valence-corrected chi connectivity index (χ3v) is 3.30. The molecule has 0 N–H and O–H groups in total. The molecule has 2 heterocycles. The van der Waals surface area contributed by atoms with E-state index in [0.29, 0.717) is 0 Å². The van der Waals surface area contributed by atoms with E-state index in [0.717, 1.165) is 30.7 Å². The van der Waals surface area contributed by atoms with E-state index >= 15 is 0 Å². The Morgan fingerprint density at radius 3 is 3.25 bits per heavy atom. The second-order valence-corrected chi connectivity index (χ2v) is 4.12. The molecule has 0 unspecified atom stereocenters. The van der Waals surface area contributed by atoms with Gasteiger partial charge in [0.1, 0.15) is 0 Å². The average Bonchev–Trinajstić information content (AvgIpc) is 2.46. The molecule has 64 valence electrons. The van der Waals surface area contributed by atoms with Gasteiger partial charge in [0, 0.05) is 13.1 Å². The number of carbonyl (C=O) groups is 1. The summed E-state index contributed by atoms with van der Waals surface area (Å²) in [6.07, 6.45) is 2.01. The Morgan fingerprint density at radius 1 is 1.67 bits per heavy atom. The molecule has 0 amide bonds. The molecule has 12 heavy (non-hydrogen) atoms. The summed E-state index contributed by atoms with van der Waals surface area (Å²) < 4.78 is 0. The standard InChI is InChI=1S/C9H11NOS/c1-10-3-2-8-7(4-10)6-12-9(8)5-11/h5-6H,2-4H2,1H3. The summed E-state index contributed by atoms with van der Waals surface area (Å²) in [4.78, 5) is 13.8. The summed E-state index contributed by atoms with van der Waals surface area (Å²) in [5, 5.41) is 2.11. The van der Waals surface area contributed by atoms with Gasteiger partial charge in [-0.1, -0.05) is 0 Å². The van der Waals surface area contributed by atoms with Crippen LogP contribution in [0.3, 0.4) is 0 Å². The van der Waals surface area contributed by atoms with Crippen LogP contribution in [0.1, 0.15) is 20.8 Å².